The van der Waals surface area contributed by atoms with Gasteiger partial charge in [-0.2, -0.15) is 0 Å². The molecule has 0 spiro atoms. The van der Waals surface area contributed by atoms with E-state index in [1.165, 1.54) is 0 Å². The van der Waals surface area contributed by atoms with E-state index in [0.29, 0.717) is 19.3 Å². The number of ether oxygens (including phenoxy) is 1. The molecule has 0 aliphatic rings. The lowest BCUT2D eigenvalue weighted by atomic mass is 9.78. The quantitative estimate of drug-likeness (QED) is 0.678. The molecule has 4 nitrogen and oxygen atoms in total. The SMILES string of the molecule is CCC(C)(C)OC(=O)C(CC)(CC)CCC(=O)O. The van der Waals surface area contributed by atoms with Crippen LogP contribution < -0.4 is 0 Å². The zero-order valence-electron chi connectivity index (χ0n) is 12.2. The van der Waals surface area contributed by atoms with Gasteiger partial charge in [0.1, 0.15) is 5.60 Å². The number of hydrogen-bond donors (Lipinski definition) is 1. The summed E-state index contributed by atoms with van der Waals surface area (Å²) in [6.45, 7) is 9.53. The second-order valence-electron chi connectivity index (χ2n) is 5.38. The molecular weight excluding hydrogens is 232 g/mol. The molecule has 4 heteroatoms. The number of rotatable bonds is 8. The molecule has 0 aromatic rings. The van der Waals surface area contributed by atoms with Gasteiger partial charge in [-0.05, 0) is 39.5 Å². The summed E-state index contributed by atoms with van der Waals surface area (Å²) in [6, 6.07) is 0. The molecule has 106 valence electrons. The molecule has 0 aliphatic heterocycles. The third kappa shape index (κ3) is 4.67. The fourth-order valence-electron chi connectivity index (χ4n) is 1.77. The molecule has 0 radical (unpaired) electrons. The summed E-state index contributed by atoms with van der Waals surface area (Å²) < 4.78 is 5.53. The number of carboxylic acid groups (broad SMARTS) is 1. The van der Waals surface area contributed by atoms with Crippen LogP contribution in [0.25, 0.3) is 0 Å². The van der Waals surface area contributed by atoms with E-state index >= 15 is 0 Å². The number of hydrogen-bond acceptors (Lipinski definition) is 3. The molecule has 0 atom stereocenters. The Morgan fingerprint density at radius 2 is 1.56 bits per heavy atom. The van der Waals surface area contributed by atoms with E-state index in [2.05, 4.69) is 0 Å². The van der Waals surface area contributed by atoms with E-state index in [4.69, 9.17) is 9.84 Å². The lowest BCUT2D eigenvalue weighted by Gasteiger charge is -2.33. The summed E-state index contributed by atoms with van der Waals surface area (Å²) in [5, 5.41) is 8.78. The van der Waals surface area contributed by atoms with Crippen LogP contribution in [0.5, 0.6) is 0 Å². The van der Waals surface area contributed by atoms with Gasteiger partial charge in [-0.15, -0.1) is 0 Å². The van der Waals surface area contributed by atoms with Crippen LogP contribution >= 0.6 is 0 Å². The summed E-state index contributed by atoms with van der Waals surface area (Å²) in [4.78, 5) is 23.0. The maximum Gasteiger partial charge on any atom is 0.312 e. The summed E-state index contributed by atoms with van der Waals surface area (Å²) in [5.74, 6) is -1.13. The van der Waals surface area contributed by atoms with Gasteiger partial charge >= 0.3 is 11.9 Å². The Balaban J connectivity index is 4.86. The van der Waals surface area contributed by atoms with Crippen molar-refractivity contribution in [3.63, 3.8) is 0 Å². The zero-order valence-corrected chi connectivity index (χ0v) is 12.2. The van der Waals surface area contributed by atoms with Gasteiger partial charge in [0, 0.05) is 6.42 Å². The second kappa shape index (κ2) is 6.76. The van der Waals surface area contributed by atoms with Crippen LogP contribution in [0.2, 0.25) is 0 Å². The Hall–Kier alpha value is -1.06. The maximum atomic E-state index is 12.3. The standard InChI is InChI=1S/C14H26O4/c1-6-13(4,5)18-12(17)14(7-2,8-3)10-9-11(15)16/h6-10H2,1-5H3,(H,15,16). The molecule has 0 amide bonds. The van der Waals surface area contributed by atoms with Gasteiger partial charge in [0.2, 0.25) is 0 Å². The molecule has 0 fully saturated rings. The van der Waals surface area contributed by atoms with E-state index in [0.717, 1.165) is 6.42 Å². The fourth-order valence-corrected chi connectivity index (χ4v) is 1.77. The van der Waals surface area contributed by atoms with Crippen molar-refractivity contribution in [3.05, 3.63) is 0 Å². The number of aliphatic carboxylic acids is 1. The Labute approximate surface area is 110 Å². The summed E-state index contributed by atoms with van der Waals surface area (Å²) in [6.07, 6.45) is 2.29. The van der Waals surface area contributed by atoms with E-state index in [1.54, 1.807) is 0 Å². The predicted molar refractivity (Wildman–Crippen MR) is 70.3 cm³/mol. The number of carbonyl (C=O) groups excluding carboxylic acids is 1. The smallest absolute Gasteiger partial charge is 0.312 e. The Bertz CT molecular complexity index is 290. The lowest BCUT2D eigenvalue weighted by Crippen LogP contribution is -2.38. The monoisotopic (exact) mass is 258 g/mol. The van der Waals surface area contributed by atoms with Crippen LogP contribution in [0.1, 0.15) is 66.7 Å². The molecule has 0 saturated heterocycles. The first-order valence-corrected chi connectivity index (χ1v) is 6.68. The third-order valence-corrected chi connectivity index (χ3v) is 3.82. The van der Waals surface area contributed by atoms with Gasteiger partial charge in [-0.25, -0.2) is 0 Å². The summed E-state index contributed by atoms with van der Waals surface area (Å²) in [5.41, 5.74) is -1.15. The second-order valence-corrected chi connectivity index (χ2v) is 5.38. The van der Waals surface area contributed by atoms with Gasteiger partial charge in [0.15, 0.2) is 0 Å². The van der Waals surface area contributed by atoms with Gasteiger partial charge in [0.05, 0.1) is 5.41 Å². The Morgan fingerprint density at radius 1 is 1.06 bits per heavy atom. The van der Waals surface area contributed by atoms with E-state index in [-0.39, 0.29) is 12.4 Å². The highest BCUT2D eigenvalue weighted by Crippen LogP contribution is 2.35. The largest absolute Gasteiger partial charge is 0.481 e. The highest BCUT2D eigenvalue weighted by atomic mass is 16.6. The first kappa shape index (κ1) is 16.9. The van der Waals surface area contributed by atoms with Crippen molar-refractivity contribution in [1.82, 2.24) is 0 Å². The molecule has 0 rings (SSSR count). The summed E-state index contributed by atoms with van der Waals surface area (Å²) in [7, 11) is 0. The van der Waals surface area contributed by atoms with Crippen LogP contribution in [-0.2, 0) is 14.3 Å². The van der Waals surface area contributed by atoms with Crippen LogP contribution in [0.4, 0.5) is 0 Å². The van der Waals surface area contributed by atoms with Gasteiger partial charge in [-0.3, -0.25) is 9.59 Å². The minimum absolute atomic E-state index is 0.00331. The molecule has 0 aromatic heterocycles. The average molecular weight is 258 g/mol. The lowest BCUT2D eigenvalue weighted by molar-refractivity contribution is -0.171. The van der Waals surface area contributed by atoms with Crippen LogP contribution in [0, 0.1) is 5.41 Å². The zero-order chi connectivity index (χ0) is 14.4. The van der Waals surface area contributed by atoms with Gasteiger partial charge < -0.3 is 9.84 Å². The highest BCUT2D eigenvalue weighted by Gasteiger charge is 2.39. The molecule has 1 N–H and O–H groups in total. The first-order chi connectivity index (χ1) is 8.23. The molecule has 0 heterocycles. The number of esters is 1. The number of carboxylic acids is 1. The normalized spacial score (nSPS) is 12.3. The average Bonchev–Trinajstić information content (AvgIpc) is 2.30. The minimum Gasteiger partial charge on any atom is -0.481 e. The summed E-state index contributed by atoms with van der Waals surface area (Å²) >= 11 is 0. The molecule has 0 unspecified atom stereocenters. The molecule has 18 heavy (non-hydrogen) atoms. The Kier molecular flexibility index (Phi) is 6.36. The van der Waals surface area contributed by atoms with Crippen LogP contribution in [0.15, 0.2) is 0 Å². The third-order valence-electron chi connectivity index (χ3n) is 3.82. The van der Waals surface area contributed by atoms with E-state index in [9.17, 15) is 9.59 Å². The Morgan fingerprint density at radius 3 is 1.89 bits per heavy atom. The van der Waals surface area contributed by atoms with Crippen LogP contribution in [-0.4, -0.2) is 22.6 Å². The number of carbonyl (C=O) groups is 2. The highest BCUT2D eigenvalue weighted by molar-refractivity contribution is 5.78. The van der Waals surface area contributed by atoms with Crippen molar-refractivity contribution >= 4 is 11.9 Å². The molecular formula is C14H26O4. The maximum absolute atomic E-state index is 12.3. The van der Waals surface area contributed by atoms with Crippen molar-refractivity contribution in [1.29, 1.82) is 0 Å². The minimum atomic E-state index is -0.871. The fraction of sp³-hybridized carbons (Fsp3) is 0.857. The van der Waals surface area contributed by atoms with Gasteiger partial charge in [0.25, 0.3) is 0 Å². The van der Waals surface area contributed by atoms with Crippen molar-refractivity contribution in [2.75, 3.05) is 0 Å². The van der Waals surface area contributed by atoms with Crippen molar-refractivity contribution in [2.45, 2.75) is 72.3 Å². The first-order valence-electron chi connectivity index (χ1n) is 6.68. The van der Waals surface area contributed by atoms with Crippen molar-refractivity contribution < 1.29 is 19.4 Å². The topological polar surface area (TPSA) is 63.6 Å². The van der Waals surface area contributed by atoms with E-state index in [1.807, 2.05) is 34.6 Å². The molecule has 0 bridgehead atoms. The molecule has 0 aromatic carbocycles. The molecule has 0 aliphatic carbocycles. The predicted octanol–water partition coefficient (Wildman–Crippen LogP) is 3.39. The van der Waals surface area contributed by atoms with Crippen LogP contribution in [0.3, 0.4) is 0 Å². The van der Waals surface area contributed by atoms with Crippen molar-refractivity contribution in [2.24, 2.45) is 5.41 Å². The van der Waals surface area contributed by atoms with E-state index < -0.39 is 17.0 Å². The molecule has 0 saturated carbocycles. The van der Waals surface area contributed by atoms with Crippen molar-refractivity contribution in [3.8, 4) is 0 Å². The van der Waals surface area contributed by atoms with Gasteiger partial charge in [-0.1, -0.05) is 20.8 Å².